The Balaban J connectivity index is 1.87. The average Bonchev–Trinajstić information content (AvgIpc) is 2.87. The van der Waals surface area contributed by atoms with Gasteiger partial charge in [-0.25, -0.2) is 0 Å². The molecular formula is C16H19NO7S. The molecule has 2 fully saturated rings. The van der Waals surface area contributed by atoms with Crippen molar-refractivity contribution in [2.24, 2.45) is 0 Å². The van der Waals surface area contributed by atoms with Gasteiger partial charge >= 0.3 is 0 Å². The number of piperidine rings is 1. The van der Waals surface area contributed by atoms with E-state index in [0.717, 1.165) is 5.56 Å². The van der Waals surface area contributed by atoms with Crippen LogP contribution >= 0.6 is 0 Å². The smallest absolute Gasteiger partial charge is 0.298 e. The van der Waals surface area contributed by atoms with Gasteiger partial charge in [0.05, 0.1) is 11.0 Å². The third kappa shape index (κ3) is 1.52. The summed E-state index contributed by atoms with van der Waals surface area (Å²) in [5.41, 5.74) is -1.12. The van der Waals surface area contributed by atoms with Crippen molar-refractivity contribution in [3.05, 3.63) is 23.3 Å². The highest BCUT2D eigenvalue weighted by Crippen LogP contribution is 2.66. The van der Waals surface area contributed by atoms with Gasteiger partial charge in [-0.2, -0.15) is 8.42 Å². The van der Waals surface area contributed by atoms with Crippen molar-refractivity contribution in [3.63, 3.8) is 0 Å². The number of aromatic hydroxyl groups is 1. The molecule has 1 unspecified atom stereocenters. The Morgan fingerprint density at radius 1 is 1.20 bits per heavy atom. The first-order valence-corrected chi connectivity index (χ1v) is 9.76. The summed E-state index contributed by atoms with van der Waals surface area (Å²) in [6.07, 6.45) is -0.903. The molecule has 5 rings (SSSR count). The highest BCUT2D eigenvalue weighted by atomic mass is 32.2. The summed E-state index contributed by atoms with van der Waals surface area (Å²) < 4.78 is 39.6. The van der Waals surface area contributed by atoms with Crippen LogP contribution in [0, 0.1) is 0 Å². The van der Waals surface area contributed by atoms with Crippen molar-refractivity contribution in [2.75, 3.05) is 6.54 Å². The largest absolute Gasteiger partial charge is 0.504 e. The van der Waals surface area contributed by atoms with E-state index >= 15 is 0 Å². The fourth-order valence-corrected chi connectivity index (χ4v) is 6.56. The highest BCUT2D eigenvalue weighted by molar-refractivity contribution is 7.87. The van der Waals surface area contributed by atoms with E-state index in [-0.39, 0.29) is 30.4 Å². The maximum absolute atomic E-state index is 12.0. The monoisotopic (exact) mass is 369 g/mol. The molecule has 5 N–H and O–H groups in total. The second kappa shape index (κ2) is 4.29. The molecular weight excluding hydrogens is 350 g/mol. The summed E-state index contributed by atoms with van der Waals surface area (Å²) in [6, 6.07) is 2.89. The van der Waals surface area contributed by atoms with E-state index in [4.69, 9.17) is 4.74 Å². The van der Waals surface area contributed by atoms with Gasteiger partial charge in [0, 0.05) is 11.6 Å². The van der Waals surface area contributed by atoms with E-state index in [0.29, 0.717) is 24.9 Å². The highest BCUT2D eigenvalue weighted by Gasteiger charge is 2.77. The van der Waals surface area contributed by atoms with Gasteiger partial charge < -0.3 is 25.4 Å². The van der Waals surface area contributed by atoms with Crippen LogP contribution in [0.2, 0.25) is 0 Å². The fraction of sp³-hybridized carbons (Fsp3) is 0.625. The third-order valence-electron chi connectivity index (χ3n) is 6.76. The zero-order chi connectivity index (χ0) is 17.8. The Labute approximate surface area is 144 Å². The van der Waals surface area contributed by atoms with Gasteiger partial charge in [-0.1, -0.05) is 6.07 Å². The predicted molar refractivity (Wildman–Crippen MR) is 85.0 cm³/mol. The number of phenols is 1. The van der Waals surface area contributed by atoms with Crippen LogP contribution in [-0.2, 0) is 22.0 Å². The van der Waals surface area contributed by atoms with Gasteiger partial charge in [0.25, 0.3) is 10.1 Å². The van der Waals surface area contributed by atoms with E-state index in [1.54, 1.807) is 6.07 Å². The summed E-state index contributed by atoms with van der Waals surface area (Å²) in [7, 11) is -4.87. The molecule has 2 bridgehead atoms. The van der Waals surface area contributed by atoms with Gasteiger partial charge in [0.15, 0.2) is 17.6 Å². The first-order chi connectivity index (χ1) is 11.7. The quantitative estimate of drug-likeness (QED) is 0.415. The SMILES string of the molecule is O=S(=O)(O)C1(O)CC[C@@]2(O)[C@H]3Cc4ccc(O)c5c4[C@@]2(CCN3)[C@H]1O5. The molecule has 2 aliphatic carbocycles. The minimum atomic E-state index is -4.87. The number of hydrogen-bond acceptors (Lipinski definition) is 7. The summed E-state index contributed by atoms with van der Waals surface area (Å²) in [5, 5.41) is 36.0. The van der Waals surface area contributed by atoms with E-state index < -0.39 is 32.2 Å². The molecule has 2 aliphatic heterocycles. The molecule has 8 nitrogen and oxygen atoms in total. The van der Waals surface area contributed by atoms with Crippen LogP contribution in [0.4, 0.5) is 0 Å². The van der Waals surface area contributed by atoms with Crippen LogP contribution < -0.4 is 10.1 Å². The Morgan fingerprint density at radius 2 is 1.96 bits per heavy atom. The van der Waals surface area contributed by atoms with Crippen LogP contribution in [0.15, 0.2) is 12.1 Å². The lowest BCUT2D eigenvalue weighted by Gasteiger charge is -2.62. The van der Waals surface area contributed by atoms with Gasteiger partial charge in [0.1, 0.15) is 0 Å². The van der Waals surface area contributed by atoms with Gasteiger partial charge in [-0.05, 0) is 43.9 Å². The minimum Gasteiger partial charge on any atom is -0.504 e. The Kier molecular flexibility index (Phi) is 2.72. The van der Waals surface area contributed by atoms with Crippen LogP contribution in [0.5, 0.6) is 11.5 Å². The van der Waals surface area contributed by atoms with Crippen molar-refractivity contribution >= 4 is 10.1 Å². The molecule has 5 atom stereocenters. The molecule has 1 spiro atoms. The number of hydrogen-bond donors (Lipinski definition) is 5. The van der Waals surface area contributed by atoms with E-state index in [1.807, 2.05) is 0 Å². The number of rotatable bonds is 1. The lowest BCUT2D eigenvalue weighted by molar-refractivity contribution is -0.192. The zero-order valence-corrected chi connectivity index (χ0v) is 14.1. The van der Waals surface area contributed by atoms with Crippen LogP contribution in [0.1, 0.15) is 30.4 Å². The van der Waals surface area contributed by atoms with Crippen LogP contribution in [0.25, 0.3) is 0 Å². The third-order valence-corrected chi connectivity index (χ3v) is 8.07. The molecule has 1 aromatic carbocycles. The summed E-state index contributed by atoms with van der Waals surface area (Å²) >= 11 is 0. The lowest BCUT2D eigenvalue weighted by Crippen LogP contribution is -2.79. The van der Waals surface area contributed by atoms with Gasteiger partial charge in [-0.3, -0.25) is 4.55 Å². The van der Waals surface area contributed by atoms with Crippen LogP contribution in [-0.4, -0.2) is 57.5 Å². The Bertz CT molecular complexity index is 902. The molecule has 25 heavy (non-hydrogen) atoms. The Hall–Kier alpha value is -1.39. The normalized spacial score (nSPS) is 44.1. The first-order valence-electron chi connectivity index (χ1n) is 8.32. The predicted octanol–water partition coefficient (Wildman–Crippen LogP) is -0.590. The number of aliphatic hydroxyl groups is 2. The van der Waals surface area contributed by atoms with Crippen molar-refractivity contribution in [1.29, 1.82) is 0 Å². The second-order valence-electron chi connectivity index (χ2n) is 7.62. The fourth-order valence-electron chi connectivity index (χ4n) is 5.68. The second-order valence-corrected chi connectivity index (χ2v) is 9.28. The summed E-state index contributed by atoms with van der Waals surface area (Å²) in [5.74, 6) is -0.0650. The molecule has 0 aromatic heterocycles. The molecule has 1 saturated carbocycles. The van der Waals surface area contributed by atoms with E-state index in [2.05, 4.69) is 5.32 Å². The first kappa shape index (κ1) is 15.8. The Morgan fingerprint density at radius 3 is 2.68 bits per heavy atom. The molecule has 0 amide bonds. The van der Waals surface area contributed by atoms with Gasteiger partial charge in [-0.15, -0.1) is 0 Å². The van der Waals surface area contributed by atoms with Crippen molar-refractivity contribution in [1.82, 2.24) is 5.32 Å². The maximum Gasteiger partial charge on any atom is 0.298 e. The van der Waals surface area contributed by atoms with Gasteiger partial charge in [0.2, 0.25) is 4.93 Å². The summed E-state index contributed by atoms with van der Waals surface area (Å²) in [4.78, 5) is -2.54. The molecule has 0 radical (unpaired) electrons. The topological polar surface area (TPSA) is 136 Å². The molecule has 1 saturated heterocycles. The summed E-state index contributed by atoms with van der Waals surface area (Å²) in [6.45, 7) is 0.503. The van der Waals surface area contributed by atoms with Crippen molar-refractivity contribution < 1.29 is 33.0 Å². The number of benzene rings is 1. The minimum absolute atomic E-state index is 0.00461. The number of nitrogens with one attached hydrogen (secondary N) is 1. The maximum atomic E-state index is 12.0. The molecule has 2 heterocycles. The van der Waals surface area contributed by atoms with Crippen molar-refractivity contribution in [3.8, 4) is 11.5 Å². The van der Waals surface area contributed by atoms with E-state index in [9.17, 15) is 28.3 Å². The van der Waals surface area contributed by atoms with E-state index in [1.165, 1.54) is 6.07 Å². The molecule has 1 aromatic rings. The molecule has 9 heteroatoms. The average molecular weight is 369 g/mol. The van der Waals surface area contributed by atoms with Crippen LogP contribution in [0.3, 0.4) is 0 Å². The zero-order valence-electron chi connectivity index (χ0n) is 13.3. The van der Waals surface area contributed by atoms with Crippen molar-refractivity contribution in [2.45, 2.75) is 53.8 Å². The molecule has 4 aliphatic rings. The lowest BCUT2D eigenvalue weighted by atomic mass is 9.49. The number of phenolic OH excluding ortho intramolecular Hbond substituents is 1. The standard InChI is InChI=1S/C16H19NO7S/c18-9-2-1-8-7-10-15(19)3-4-16(20,25(21,22)23)13-14(15,5-6-17-10)11(8)12(9)24-13/h1-2,10,13,17-20H,3-7H2,(H,21,22,23)/t10-,13-,14+,15-,16?/m1/s1. The number of ether oxygens (including phenoxy) is 1. The molecule has 136 valence electrons.